The Morgan fingerprint density at radius 2 is 2.12 bits per heavy atom. The Bertz CT molecular complexity index is 550. The Morgan fingerprint density at radius 1 is 1.40 bits per heavy atom. The number of esters is 1. The lowest BCUT2D eigenvalue weighted by Gasteiger charge is -2.25. The highest BCUT2D eigenvalue weighted by atomic mass is 79.9. The molecule has 25 heavy (non-hydrogen) atoms. The fourth-order valence-electron chi connectivity index (χ4n) is 2.56. The standard InChI is InChI=1S/C17H23BrN2O4.ClH/c1-2-24-17(22)10-15(12-3-5-13(18)6-4-12)20-16(21)9-14-11-23-8-7-19-14;/h3-6,14-15,19H,2,7-11H2,1H3,(H,20,21);1H. The summed E-state index contributed by atoms with van der Waals surface area (Å²) in [5.41, 5.74) is 0.868. The number of halogens is 2. The molecule has 1 aliphatic heterocycles. The predicted molar refractivity (Wildman–Crippen MR) is 101 cm³/mol. The first-order valence-corrected chi connectivity index (χ1v) is 8.89. The van der Waals surface area contributed by atoms with Crippen LogP contribution in [0.15, 0.2) is 28.7 Å². The molecule has 1 aromatic carbocycles. The molecule has 1 fully saturated rings. The lowest BCUT2D eigenvalue weighted by molar-refractivity contribution is -0.143. The number of hydrogen-bond acceptors (Lipinski definition) is 5. The van der Waals surface area contributed by atoms with E-state index < -0.39 is 6.04 Å². The van der Waals surface area contributed by atoms with Crippen molar-refractivity contribution in [3.05, 3.63) is 34.3 Å². The molecule has 2 atom stereocenters. The number of benzene rings is 1. The number of ether oxygens (including phenoxy) is 2. The molecule has 0 spiro atoms. The summed E-state index contributed by atoms with van der Waals surface area (Å²) in [6, 6.07) is 7.14. The third-order valence-corrected chi connectivity index (χ3v) is 4.24. The maximum Gasteiger partial charge on any atom is 0.308 e. The quantitative estimate of drug-likeness (QED) is 0.643. The van der Waals surface area contributed by atoms with Crippen molar-refractivity contribution in [3.8, 4) is 0 Å². The van der Waals surface area contributed by atoms with Crippen LogP contribution in [0, 0.1) is 0 Å². The highest BCUT2D eigenvalue weighted by Gasteiger charge is 2.22. The number of amides is 1. The Kier molecular flexibility index (Phi) is 10.0. The number of morpholine rings is 1. The summed E-state index contributed by atoms with van der Waals surface area (Å²) in [5, 5.41) is 6.19. The minimum Gasteiger partial charge on any atom is -0.466 e. The molecule has 1 amide bonds. The van der Waals surface area contributed by atoms with E-state index in [4.69, 9.17) is 9.47 Å². The number of carbonyl (C=O) groups is 2. The molecular weight excluding hydrogens is 412 g/mol. The van der Waals surface area contributed by atoms with Crippen molar-refractivity contribution in [1.29, 1.82) is 0 Å². The largest absolute Gasteiger partial charge is 0.466 e. The molecule has 2 N–H and O–H groups in total. The fourth-order valence-corrected chi connectivity index (χ4v) is 2.83. The molecule has 0 radical (unpaired) electrons. The lowest BCUT2D eigenvalue weighted by Crippen LogP contribution is -2.44. The van der Waals surface area contributed by atoms with Gasteiger partial charge in [0.25, 0.3) is 0 Å². The second-order valence-electron chi connectivity index (χ2n) is 5.61. The van der Waals surface area contributed by atoms with E-state index in [1.165, 1.54) is 0 Å². The summed E-state index contributed by atoms with van der Waals surface area (Å²) in [7, 11) is 0. The molecule has 1 saturated heterocycles. The molecule has 8 heteroatoms. The summed E-state index contributed by atoms with van der Waals surface area (Å²) < 4.78 is 11.3. The van der Waals surface area contributed by atoms with Gasteiger partial charge in [-0.3, -0.25) is 9.59 Å². The van der Waals surface area contributed by atoms with Gasteiger partial charge in [0, 0.05) is 23.5 Å². The van der Waals surface area contributed by atoms with E-state index in [-0.39, 0.29) is 36.7 Å². The third-order valence-electron chi connectivity index (χ3n) is 3.71. The SMILES string of the molecule is CCOC(=O)CC(NC(=O)CC1COCCN1)c1ccc(Br)cc1.Cl. The number of nitrogens with one attached hydrogen (secondary N) is 2. The smallest absolute Gasteiger partial charge is 0.308 e. The summed E-state index contributed by atoms with van der Waals surface area (Å²) >= 11 is 3.39. The summed E-state index contributed by atoms with van der Waals surface area (Å²) in [5.74, 6) is -0.444. The summed E-state index contributed by atoms with van der Waals surface area (Å²) in [6.07, 6.45) is 0.422. The van der Waals surface area contributed by atoms with Gasteiger partial charge in [0.2, 0.25) is 5.91 Å². The monoisotopic (exact) mass is 434 g/mol. The van der Waals surface area contributed by atoms with Crippen molar-refractivity contribution in [2.75, 3.05) is 26.4 Å². The molecule has 140 valence electrons. The van der Waals surface area contributed by atoms with Crippen LogP contribution in [0.3, 0.4) is 0 Å². The minimum absolute atomic E-state index is 0. The van der Waals surface area contributed by atoms with E-state index in [1.54, 1.807) is 6.92 Å². The number of hydrogen-bond donors (Lipinski definition) is 2. The molecule has 0 aliphatic carbocycles. The average molecular weight is 436 g/mol. The van der Waals surface area contributed by atoms with E-state index in [0.29, 0.717) is 26.2 Å². The van der Waals surface area contributed by atoms with Gasteiger partial charge < -0.3 is 20.1 Å². The molecule has 1 aromatic rings. The van der Waals surface area contributed by atoms with Gasteiger partial charge in [-0.1, -0.05) is 28.1 Å². The van der Waals surface area contributed by atoms with Crippen LogP contribution in [0.1, 0.15) is 31.4 Å². The van der Waals surface area contributed by atoms with E-state index in [0.717, 1.165) is 16.6 Å². The van der Waals surface area contributed by atoms with Gasteiger partial charge >= 0.3 is 5.97 Å². The van der Waals surface area contributed by atoms with E-state index in [2.05, 4.69) is 26.6 Å². The first-order valence-electron chi connectivity index (χ1n) is 8.10. The van der Waals surface area contributed by atoms with Gasteiger partial charge in [-0.2, -0.15) is 0 Å². The van der Waals surface area contributed by atoms with Gasteiger partial charge in [0.1, 0.15) is 0 Å². The summed E-state index contributed by atoms with van der Waals surface area (Å²) in [6.45, 7) is 4.02. The zero-order chi connectivity index (χ0) is 17.4. The van der Waals surface area contributed by atoms with Crippen LogP contribution in [-0.4, -0.2) is 44.3 Å². The van der Waals surface area contributed by atoms with Crippen molar-refractivity contribution < 1.29 is 19.1 Å². The second-order valence-corrected chi connectivity index (χ2v) is 6.53. The average Bonchev–Trinajstić information content (AvgIpc) is 2.56. The Morgan fingerprint density at radius 3 is 2.72 bits per heavy atom. The number of rotatable bonds is 7. The molecule has 2 rings (SSSR count). The lowest BCUT2D eigenvalue weighted by atomic mass is 10.0. The topological polar surface area (TPSA) is 76.7 Å². The molecule has 1 aliphatic rings. The maximum atomic E-state index is 12.3. The summed E-state index contributed by atoms with van der Waals surface area (Å²) in [4.78, 5) is 24.2. The maximum absolute atomic E-state index is 12.3. The van der Waals surface area contributed by atoms with Crippen LogP contribution >= 0.6 is 28.3 Å². The van der Waals surface area contributed by atoms with Gasteiger partial charge in [-0.25, -0.2) is 0 Å². The van der Waals surface area contributed by atoms with Crippen LogP contribution in [0.2, 0.25) is 0 Å². The second kappa shape index (κ2) is 11.5. The fraction of sp³-hybridized carbons (Fsp3) is 0.529. The highest BCUT2D eigenvalue weighted by molar-refractivity contribution is 9.10. The van der Waals surface area contributed by atoms with Crippen molar-refractivity contribution >= 4 is 40.2 Å². The van der Waals surface area contributed by atoms with Crippen molar-refractivity contribution in [2.45, 2.75) is 31.8 Å². The van der Waals surface area contributed by atoms with Crippen LogP contribution in [0.4, 0.5) is 0 Å². The van der Waals surface area contributed by atoms with Crippen LogP contribution in [-0.2, 0) is 19.1 Å². The van der Waals surface area contributed by atoms with Crippen LogP contribution in [0.5, 0.6) is 0 Å². The van der Waals surface area contributed by atoms with Crippen molar-refractivity contribution in [2.24, 2.45) is 0 Å². The highest BCUT2D eigenvalue weighted by Crippen LogP contribution is 2.20. The van der Waals surface area contributed by atoms with Crippen molar-refractivity contribution in [3.63, 3.8) is 0 Å². The van der Waals surface area contributed by atoms with E-state index in [9.17, 15) is 9.59 Å². The Hall–Kier alpha value is -1.15. The van der Waals surface area contributed by atoms with Crippen molar-refractivity contribution in [1.82, 2.24) is 10.6 Å². The van der Waals surface area contributed by atoms with Gasteiger partial charge in [0.05, 0.1) is 32.3 Å². The van der Waals surface area contributed by atoms with Gasteiger partial charge in [-0.15, -0.1) is 12.4 Å². The van der Waals surface area contributed by atoms with Crippen LogP contribution < -0.4 is 10.6 Å². The Labute approximate surface area is 162 Å². The third kappa shape index (κ3) is 7.73. The zero-order valence-corrected chi connectivity index (χ0v) is 16.5. The number of carbonyl (C=O) groups excluding carboxylic acids is 2. The normalized spacial score (nSPS) is 17.9. The molecule has 2 unspecified atom stereocenters. The molecule has 0 saturated carbocycles. The molecule has 0 aromatic heterocycles. The van der Waals surface area contributed by atoms with Gasteiger partial charge in [0.15, 0.2) is 0 Å². The van der Waals surface area contributed by atoms with Gasteiger partial charge in [-0.05, 0) is 24.6 Å². The van der Waals surface area contributed by atoms with Crippen LogP contribution in [0.25, 0.3) is 0 Å². The van der Waals surface area contributed by atoms with E-state index >= 15 is 0 Å². The first-order chi connectivity index (χ1) is 11.6. The van der Waals surface area contributed by atoms with E-state index in [1.807, 2.05) is 24.3 Å². The molecular formula is C17H24BrClN2O4. The minimum atomic E-state index is -0.408. The molecule has 0 bridgehead atoms. The zero-order valence-electron chi connectivity index (χ0n) is 14.1. The molecule has 6 nitrogen and oxygen atoms in total. The molecule has 1 heterocycles. The first kappa shape index (κ1) is 21.9. The Balaban J connectivity index is 0.00000312. The predicted octanol–water partition coefficient (Wildman–Crippen LogP) is 2.36.